The molecular weight excluding hydrogens is 232 g/mol. The minimum atomic E-state index is -0.246. The molecule has 2 aromatic rings. The van der Waals surface area contributed by atoms with Gasteiger partial charge in [0.2, 0.25) is 0 Å². The summed E-state index contributed by atoms with van der Waals surface area (Å²) in [6.45, 7) is 0. The minimum absolute atomic E-state index is 0.246. The predicted octanol–water partition coefficient (Wildman–Crippen LogP) is 3.05. The highest BCUT2D eigenvalue weighted by Gasteiger charge is 2.09. The molecule has 0 aliphatic rings. The summed E-state index contributed by atoms with van der Waals surface area (Å²) in [5.74, 6) is -0.246. The van der Waals surface area contributed by atoms with Crippen LogP contribution >= 0.6 is 22.9 Å². The van der Waals surface area contributed by atoms with E-state index in [4.69, 9.17) is 11.6 Å². The lowest BCUT2D eigenvalue weighted by molar-refractivity contribution is 0.102. The number of nitrogens with one attached hydrogen (secondary N) is 1. The molecule has 0 bridgehead atoms. The van der Waals surface area contributed by atoms with Crippen molar-refractivity contribution < 1.29 is 4.79 Å². The molecule has 0 saturated heterocycles. The van der Waals surface area contributed by atoms with Crippen molar-refractivity contribution in [1.82, 2.24) is 4.98 Å². The van der Waals surface area contributed by atoms with Crippen LogP contribution in [0, 0.1) is 0 Å². The monoisotopic (exact) mass is 238 g/mol. The molecule has 1 aromatic carbocycles. The fourth-order valence-corrected chi connectivity index (χ4v) is 1.79. The Hall–Kier alpha value is -1.39. The van der Waals surface area contributed by atoms with E-state index in [-0.39, 0.29) is 5.91 Å². The Morgan fingerprint density at radius 3 is 2.87 bits per heavy atom. The molecule has 76 valence electrons. The Labute approximate surface area is 95.7 Å². The molecule has 0 saturated carbocycles. The van der Waals surface area contributed by atoms with Crippen LogP contribution in [0.25, 0.3) is 0 Å². The third-order valence-corrected chi connectivity index (χ3v) is 2.70. The van der Waals surface area contributed by atoms with Crippen molar-refractivity contribution in [1.29, 1.82) is 0 Å². The lowest BCUT2D eigenvalue weighted by Crippen LogP contribution is -2.12. The highest BCUT2D eigenvalue weighted by molar-refractivity contribution is 7.07. The van der Waals surface area contributed by atoms with Crippen molar-refractivity contribution in [3.63, 3.8) is 0 Å². The molecule has 0 radical (unpaired) electrons. The van der Waals surface area contributed by atoms with E-state index in [0.717, 1.165) is 0 Å². The number of thiazole rings is 1. The number of halogens is 1. The van der Waals surface area contributed by atoms with Crippen LogP contribution in [0.3, 0.4) is 0 Å². The van der Waals surface area contributed by atoms with Gasteiger partial charge in [-0.3, -0.25) is 4.79 Å². The van der Waals surface area contributed by atoms with Crippen molar-refractivity contribution in [2.75, 3.05) is 5.32 Å². The van der Waals surface area contributed by atoms with Gasteiger partial charge in [0.25, 0.3) is 5.91 Å². The van der Waals surface area contributed by atoms with Crippen LogP contribution in [0.15, 0.2) is 35.2 Å². The van der Waals surface area contributed by atoms with Crippen LogP contribution in [0.5, 0.6) is 0 Å². The third kappa shape index (κ3) is 2.34. The number of hydrogen-bond donors (Lipinski definition) is 1. The van der Waals surface area contributed by atoms with Gasteiger partial charge in [-0.2, -0.15) is 0 Å². The molecular formula is C10H7ClN2OS. The number of carbonyl (C=O) groups is 1. The molecule has 1 N–H and O–H groups in total. The van der Waals surface area contributed by atoms with Gasteiger partial charge in [-0.25, -0.2) is 4.98 Å². The molecule has 0 atom stereocenters. The summed E-state index contributed by atoms with van der Waals surface area (Å²) < 4.78 is 0. The molecule has 1 heterocycles. The second kappa shape index (κ2) is 4.42. The van der Waals surface area contributed by atoms with E-state index in [1.54, 1.807) is 29.1 Å². The third-order valence-electron chi connectivity index (χ3n) is 1.79. The van der Waals surface area contributed by atoms with Gasteiger partial charge >= 0.3 is 0 Å². The van der Waals surface area contributed by atoms with Gasteiger partial charge in [-0.1, -0.05) is 23.7 Å². The maximum Gasteiger partial charge on any atom is 0.275 e. The van der Waals surface area contributed by atoms with Crippen molar-refractivity contribution >= 4 is 34.5 Å². The fraction of sp³-hybridized carbons (Fsp3) is 0. The zero-order chi connectivity index (χ0) is 10.7. The zero-order valence-corrected chi connectivity index (χ0v) is 9.18. The number of rotatable bonds is 2. The van der Waals surface area contributed by atoms with Gasteiger partial charge in [-0.15, -0.1) is 11.3 Å². The highest BCUT2D eigenvalue weighted by atomic mass is 35.5. The van der Waals surface area contributed by atoms with E-state index >= 15 is 0 Å². The standard InChI is InChI=1S/C10H7ClN2OS/c11-7-3-1-2-4-8(7)13-10(14)9-5-15-6-12-9/h1-6H,(H,13,14). The van der Waals surface area contributed by atoms with E-state index in [1.165, 1.54) is 11.3 Å². The largest absolute Gasteiger partial charge is 0.319 e. The first-order valence-electron chi connectivity index (χ1n) is 4.21. The van der Waals surface area contributed by atoms with E-state index in [0.29, 0.717) is 16.4 Å². The number of anilines is 1. The molecule has 3 nitrogen and oxygen atoms in total. The smallest absolute Gasteiger partial charge is 0.275 e. The number of hydrogen-bond acceptors (Lipinski definition) is 3. The number of aromatic nitrogens is 1. The highest BCUT2D eigenvalue weighted by Crippen LogP contribution is 2.20. The number of amides is 1. The molecule has 15 heavy (non-hydrogen) atoms. The summed E-state index contributed by atoms with van der Waals surface area (Å²) in [5.41, 5.74) is 2.61. The molecule has 1 aromatic heterocycles. The van der Waals surface area contributed by atoms with Crippen molar-refractivity contribution in [3.05, 3.63) is 45.9 Å². The topological polar surface area (TPSA) is 42.0 Å². The first kappa shape index (κ1) is 10.1. The summed E-state index contributed by atoms with van der Waals surface area (Å²) in [7, 11) is 0. The first-order chi connectivity index (χ1) is 7.27. The molecule has 5 heteroatoms. The summed E-state index contributed by atoms with van der Waals surface area (Å²) in [6, 6.07) is 7.08. The Kier molecular flexibility index (Phi) is 2.99. The van der Waals surface area contributed by atoms with E-state index < -0.39 is 0 Å². The Balaban J connectivity index is 2.17. The number of para-hydroxylation sites is 1. The summed E-state index contributed by atoms with van der Waals surface area (Å²) >= 11 is 7.27. The van der Waals surface area contributed by atoms with Crippen LogP contribution in [0.2, 0.25) is 5.02 Å². The molecule has 2 rings (SSSR count). The lowest BCUT2D eigenvalue weighted by atomic mass is 10.3. The van der Waals surface area contributed by atoms with Crippen LogP contribution in [0.4, 0.5) is 5.69 Å². The molecule has 0 aliphatic heterocycles. The van der Waals surface area contributed by atoms with Gasteiger partial charge in [0.1, 0.15) is 5.69 Å². The van der Waals surface area contributed by atoms with Gasteiger partial charge in [-0.05, 0) is 12.1 Å². The van der Waals surface area contributed by atoms with Crippen LogP contribution in [0.1, 0.15) is 10.5 Å². The Morgan fingerprint density at radius 2 is 2.20 bits per heavy atom. The summed E-state index contributed by atoms with van der Waals surface area (Å²) in [4.78, 5) is 15.5. The molecule has 0 spiro atoms. The Morgan fingerprint density at radius 1 is 1.40 bits per heavy atom. The van der Waals surface area contributed by atoms with Crippen molar-refractivity contribution in [2.45, 2.75) is 0 Å². The van der Waals surface area contributed by atoms with Gasteiger partial charge in [0, 0.05) is 5.38 Å². The average Bonchev–Trinajstić information content (AvgIpc) is 2.74. The van der Waals surface area contributed by atoms with Crippen LogP contribution in [-0.2, 0) is 0 Å². The maximum absolute atomic E-state index is 11.6. The quantitative estimate of drug-likeness (QED) is 0.874. The SMILES string of the molecule is O=C(Nc1ccccc1Cl)c1cscn1. The van der Waals surface area contributed by atoms with E-state index in [9.17, 15) is 4.79 Å². The normalized spacial score (nSPS) is 9.93. The molecule has 0 aliphatic carbocycles. The summed E-state index contributed by atoms with van der Waals surface area (Å²) in [6.07, 6.45) is 0. The zero-order valence-electron chi connectivity index (χ0n) is 7.61. The second-order valence-corrected chi connectivity index (χ2v) is 3.93. The Bertz CT molecular complexity index is 470. The van der Waals surface area contributed by atoms with Crippen LogP contribution in [-0.4, -0.2) is 10.9 Å². The minimum Gasteiger partial charge on any atom is -0.319 e. The molecule has 0 unspecified atom stereocenters. The van der Waals surface area contributed by atoms with E-state index in [2.05, 4.69) is 10.3 Å². The van der Waals surface area contributed by atoms with Gasteiger partial charge < -0.3 is 5.32 Å². The molecule has 0 fully saturated rings. The van der Waals surface area contributed by atoms with Gasteiger partial charge in [0.05, 0.1) is 16.2 Å². The second-order valence-electron chi connectivity index (χ2n) is 2.81. The number of nitrogens with zero attached hydrogens (tertiary/aromatic N) is 1. The molecule has 1 amide bonds. The number of carbonyl (C=O) groups excluding carboxylic acids is 1. The summed E-state index contributed by atoms with van der Waals surface area (Å²) in [5, 5.41) is 4.89. The fourth-order valence-electron chi connectivity index (χ4n) is 1.07. The van der Waals surface area contributed by atoms with E-state index in [1.807, 2.05) is 6.07 Å². The maximum atomic E-state index is 11.6. The van der Waals surface area contributed by atoms with Crippen LogP contribution < -0.4 is 5.32 Å². The predicted molar refractivity (Wildman–Crippen MR) is 61.5 cm³/mol. The average molecular weight is 239 g/mol. The van der Waals surface area contributed by atoms with Crippen molar-refractivity contribution in [2.24, 2.45) is 0 Å². The number of benzene rings is 1. The lowest BCUT2D eigenvalue weighted by Gasteiger charge is -2.04. The van der Waals surface area contributed by atoms with Crippen molar-refractivity contribution in [3.8, 4) is 0 Å². The van der Waals surface area contributed by atoms with Gasteiger partial charge in [0.15, 0.2) is 0 Å². The first-order valence-corrected chi connectivity index (χ1v) is 5.53.